The van der Waals surface area contributed by atoms with Gasteiger partial charge in [-0.1, -0.05) is 6.92 Å². The number of sulfonamides is 1. The van der Waals surface area contributed by atoms with Gasteiger partial charge >= 0.3 is 5.97 Å². The fraction of sp³-hybridized carbons (Fsp3) is 0.385. The Morgan fingerprint density at radius 1 is 1.33 bits per heavy atom. The molecule has 0 unspecified atom stereocenters. The molecule has 3 N–H and O–H groups in total. The van der Waals surface area contributed by atoms with E-state index in [-0.39, 0.29) is 23.4 Å². The van der Waals surface area contributed by atoms with Crippen LogP contribution >= 0.6 is 0 Å². The van der Waals surface area contributed by atoms with Crippen molar-refractivity contribution in [2.45, 2.75) is 18.2 Å². The first-order valence-electron chi connectivity index (χ1n) is 6.36. The molecule has 1 aliphatic rings. The van der Waals surface area contributed by atoms with E-state index in [0.717, 1.165) is 6.42 Å². The van der Waals surface area contributed by atoms with Gasteiger partial charge in [-0.05, 0) is 36.6 Å². The van der Waals surface area contributed by atoms with Gasteiger partial charge in [0, 0.05) is 5.69 Å². The van der Waals surface area contributed by atoms with Crippen molar-refractivity contribution < 1.29 is 22.7 Å². The third kappa shape index (κ3) is 4.27. The minimum atomic E-state index is -3.76. The summed E-state index contributed by atoms with van der Waals surface area (Å²) in [5.74, 6) is -0.611. The van der Waals surface area contributed by atoms with Crippen LogP contribution in [0.3, 0.4) is 0 Å². The molecule has 0 bridgehead atoms. The summed E-state index contributed by atoms with van der Waals surface area (Å²) in [7, 11) is -3.76. The SMILES string of the molecule is C[C@H]1C[C@H]1C(=O)OCC(=O)Nc1ccc(S(N)(=O)=O)cc1. The summed E-state index contributed by atoms with van der Waals surface area (Å²) < 4.78 is 27.0. The number of benzene rings is 1. The van der Waals surface area contributed by atoms with E-state index in [9.17, 15) is 18.0 Å². The normalized spacial score (nSPS) is 20.7. The topological polar surface area (TPSA) is 116 Å². The lowest BCUT2D eigenvalue weighted by molar-refractivity contribution is -0.148. The number of primary sulfonamides is 1. The summed E-state index contributed by atoms with van der Waals surface area (Å²) in [5, 5.41) is 7.46. The van der Waals surface area contributed by atoms with Gasteiger partial charge in [0.2, 0.25) is 10.0 Å². The highest BCUT2D eigenvalue weighted by molar-refractivity contribution is 7.89. The second kappa shape index (κ2) is 5.82. The molecule has 0 radical (unpaired) electrons. The lowest BCUT2D eigenvalue weighted by Crippen LogP contribution is -2.21. The number of ether oxygens (including phenoxy) is 1. The zero-order valence-corrected chi connectivity index (χ0v) is 12.2. The zero-order chi connectivity index (χ0) is 15.6. The number of rotatable bonds is 5. The molecule has 1 aromatic rings. The maximum absolute atomic E-state index is 11.6. The Hall–Kier alpha value is -1.93. The largest absolute Gasteiger partial charge is 0.455 e. The molecule has 8 heteroatoms. The van der Waals surface area contributed by atoms with Gasteiger partial charge in [0.25, 0.3) is 5.91 Å². The van der Waals surface area contributed by atoms with Gasteiger partial charge in [-0.3, -0.25) is 9.59 Å². The van der Waals surface area contributed by atoms with Crippen LogP contribution < -0.4 is 10.5 Å². The van der Waals surface area contributed by atoms with Crippen LogP contribution in [0.25, 0.3) is 0 Å². The Bertz CT molecular complexity index is 654. The van der Waals surface area contributed by atoms with Gasteiger partial charge in [-0.15, -0.1) is 0 Å². The summed E-state index contributed by atoms with van der Waals surface area (Å²) in [4.78, 5) is 23.0. The van der Waals surface area contributed by atoms with Crippen LogP contribution in [0.5, 0.6) is 0 Å². The molecule has 0 aliphatic heterocycles. The number of nitrogens with two attached hydrogens (primary N) is 1. The van der Waals surface area contributed by atoms with E-state index < -0.39 is 15.9 Å². The molecule has 1 aliphatic carbocycles. The molecule has 1 fully saturated rings. The Labute approximate surface area is 122 Å². The summed E-state index contributed by atoms with van der Waals surface area (Å²) in [6.45, 7) is 1.58. The number of esters is 1. The lowest BCUT2D eigenvalue weighted by Gasteiger charge is -2.07. The average Bonchev–Trinajstić information content (AvgIpc) is 3.13. The molecule has 0 saturated heterocycles. The van der Waals surface area contributed by atoms with Crippen LogP contribution in [0.1, 0.15) is 13.3 Å². The number of carbonyl (C=O) groups is 2. The van der Waals surface area contributed by atoms with Crippen molar-refractivity contribution >= 4 is 27.6 Å². The van der Waals surface area contributed by atoms with E-state index in [1.54, 1.807) is 0 Å². The van der Waals surface area contributed by atoms with Gasteiger partial charge in [-0.25, -0.2) is 13.6 Å². The van der Waals surface area contributed by atoms with Crippen molar-refractivity contribution in [2.24, 2.45) is 17.0 Å². The van der Waals surface area contributed by atoms with Crippen LogP contribution in [-0.2, 0) is 24.3 Å². The van der Waals surface area contributed by atoms with E-state index >= 15 is 0 Å². The number of anilines is 1. The fourth-order valence-electron chi connectivity index (χ4n) is 1.82. The standard InChI is InChI=1S/C13H16N2O5S/c1-8-6-11(8)13(17)20-7-12(16)15-9-2-4-10(5-3-9)21(14,18)19/h2-5,8,11H,6-7H2,1H3,(H,15,16)(H2,14,18,19)/t8-,11+/m0/s1. The van der Waals surface area contributed by atoms with Gasteiger partial charge in [-0.2, -0.15) is 0 Å². The minimum absolute atomic E-state index is 0.0466. The fourth-order valence-corrected chi connectivity index (χ4v) is 2.33. The molecule has 1 saturated carbocycles. The molecule has 2 rings (SSSR count). The highest BCUT2D eigenvalue weighted by atomic mass is 32.2. The number of nitrogens with one attached hydrogen (secondary N) is 1. The average molecular weight is 312 g/mol. The zero-order valence-electron chi connectivity index (χ0n) is 11.4. The van der Waals surface area contributed by atoms with Gasteiger partial charge in [0.05, 0.1) is 10.8 Å². The molecule has 1 amide bonds. The number of amides is 1. The molecular weight excluding hydrogens is 296 g/mol. The van der Waals surface area contributed by atoms with E-state index in [2.05, 4.69) is 5.32 Å². The number of hydrogen-bond donors (Lipinski definition) is 2. The first kappa shape index (κ1) is 15.5. The number of carbonyl (C=O) groups excluding carboxylic acids is 2. The van der Waals surface area contributed by atoms with Crippen LogP contribution in [0.2, 0.25) is 0 Å². The van der Waals surface area contributed by atoms with Gasteiger partial charge in [0.15, 0.2) is 6.61 Å². The third-order valence-corrected chi connectivity index (χ3v) is 4.15. The molecule has 1 aromatic carbocycles. The number of hydrogen-bond acceptors (Lipinski definition) is 5. The highest BCUT2D eigenvalue weighted by Crippen LogP contribution is 2.38. The minimum Gasteiger partial charge on any atom is -0.455 e. The van der Waals surface area contributed by atoms with Crippen molar-refractivity contribution in [3.8, 4) is 0 Å². The van der Waals surface area contributed by atoms with E-state index in [0.29, 0.717) is 11.6 Å². The Kier molecular flexibility index (Phi) is 4.29. The molecule has 0 spiro atoms. The van der Waals surface area contributed by atoms with Crippen molar-refractivity contribution in [2.75, 3.05) is 11.9 Å². The Morgan fingerprint density at radius 2 is 1.90 bits per heavy atom. The van der Waals surface area contributed by atoms with Gasteiger partial charge in [0.1, 0.15) is 0 Å². The maximum atomic E-state index is 11.6. The molecule has 7 nitrogen and oxygen atoms in total. The molecule has 114 valence electrons. The third-order valence-electron chi connectivity index (χ3n) is 3.22. The van der Waals surface area contributed by atoms with Crippen molar-refractivity contribution in [3.05, 3.63) is 24.3 Å². The Balaban J connectivity index is 1.84. The molecule has 2 atom stereocenters. The smallest absolute Gasteiger partial charge is 0.309 e. The maximum Gasteiger partial charge on any atom is 0.309 e. The van der Waals surface area contributed by atoms with Crippen molar-refractivity contribution in [1.29, 1.82) is 0 Å². The molecule has 0 aromatic heterocycles. The van der Waals surface area contributed by atoms with Crippen LogP contribution in [0.4, 0.5) is 5.69 Å². The highest BCUT2D eigenvalue weighted by Gasteiger charge is 2.40. The van der Waals surface area contributed by atoms with E-state index in [1.807, 2.05) is 6.92 Å². The van der Waals surface area contributed by atoms with E-state index in [4.69, 9.17) is 9.88 Å². The predicted molar refractivity (Wildman–Crippen MR) is 74.7 cm³/mol. The summed E-state index contributed by atoms with van der Waals surface area (Å²) in [6, 6.07) is 5.37. The van der Waals surface area contributed by atoms with Crippen LogP contribution in [0.15, 0.2) is 29.2 Å². The van der Waals surface area contributed by atoms with Gasteiger partial charge < -0.3 is 10.1 Å². The Morgan fingerprint density at radius 3 is 2.38 bits per heavy atom. The van der Waals surface area contributed by atoms with Crippen LogP contribution in [-0.4, -0.2) is 26.9 Å². The first-order valence-corrected chi connectivity index (χ1v) is 7.91. The van der Waals surface area contributed by atoms with Crippen LogP contribution in [0, 0.1) is 11.8 Å². The summed E-state index contributed by atoms with van der Waals surface area (Å²) >= 11 is 0. The lowest BCUT2D eigenvalue weighted by atomic mass is 10.3. The summed E-state index contributed by atoms with van der Waals surface area (Å²) in [5.41, 5.74) is 0.392. The summed E-state index contributed by atoms with van der Waals surface area (Å²) in [6.07, 6.45) is 0.801. The molecular formula is C13H16N2O5S. The quantitative estimate of drug-likeness (QED) is 0.767. The second-order valence-corrected chi connectivity index (χ2v) is 6.61. The monoisotopic (exact) mass is 312 g/mol. The second-order valence-electron chi connectivity index (χ2n) is 5.04. The van der Waals surface area contributed by atoms with E-state index in [1.165, 1.54) is 24.3 Å². The molecule has 21 heavy (non-hydrogen) atoms. The van der Waals surface area contributed by atoms with Crippen molar-refractivity contribution in [1.82, 2.24) is 0 Å². The molecule has 0 heterocycles. The first-order chi connectivity index (χ1) is 9.77. The predicted octanol–water partition coefficient (Wildman–Crippen LogP) is 0.472. The van der Waals surface area contributed by atoms with Crippen molar-refractivity contribution in [3.63, 3.8) is 0 Å².